The molecule has 4 rings (SSSR count). The number of amides is 1. The van der Waals surface area contributed by atoms with E-state index in [1.165, 1.54) is 38.5 Å². The minimum atomic E-state index is 0.0647. The summed E-state index contributed by atoms with van der Waals surface area (Å²) < 4.78 is 0.336. The monoisotopic (exact) mass is 315 g/mol. The van der Waals surface area contributed by atoms with E-state index in [0.29, 0.717) is 17.4 Å². The standard InChI is InChI=1S/C14H22BrNO2/c1-2-18-16-12(17)8-13-4-10-3-11(5-13)7-14(15,6-10)9-13/h10-11H,2-9H2,1H3,(H,16,17). The van der Waals surface area contributed by atoms with Gasteiger partial charge in [0.1, 0.15) is 0 Å². The first-order chi connectivity index (χ1) is 8.53. The molecule has 4 fully saturated rings. The van der Waals surface area contributed by atoms with Crippen molar-refractivity contribution in [1.82, 2.24) is 5.48 Å². The van der Waals surface area contributed by atoms with Crippen molar-refractivity contribution in [2.24, 2.45) is 17.3 Å². The topological polar surface area (TPSA) is 38.3 Å². The fourth-order valence-electron chi connectivity index (χ4n) is 5.07. The van der Waals surface area contributed by atoms with Crippen molar-refractivity contribution in [3.8, 4) is 0 Å². The fourth-order valence-corrected chi connectivity index (χ4v) is 6.58. The molecule has 0 radical (unpaired) electrons. The summed E-state index contributed by atoms with van der Waals surface area (Å²) in [7, 11) is 0. The van der Waals surface area contributed by atoms with Crippen molar-refractivity contribution in [3.05, 3.63) is 0 Å². The SMILES string of the molecule is CCONC(=O)CC12CC3CC(CC(Br)(C3)C1)C2. The Labute approximate surface area is 117 Å². The second-order valence-corrected chi connectivity index (χ2v) is 8.43. The zero-order valence-corrected chi connectivity index (χ0v) is 12.6. The molecule has 4 aliphatic rings. The van der Waals surface area contributed by atoms with Crippen molar-refractivity contribution >= 4 is 21.8 Å². The van der Waals surface area contributed by atoms with Crippen LogP contribution in [0.3, 0.4) is 0 Å². The van der Waals surface area contributed by atoms with E-state index >= 15 is 0 Å². The molecule has 2 atom stereocenters. The van der Waals surface area contributed by atoms with Crippen LogP contribution in [0, 0.1) is 17.3 Å². The van der Waals surface area contributed by atoms with E-state index in [1.807, 2.05) is 6.92 Å². The molecule has 0 aromatic rings. The average molecular weight is 316 g/mol. The van der Waals surface area contributed by atoms with E-state index in [0.717, 1.165) is 11.8 Å². The molecule has 4 bridgehead atoms. The molecule has 18 heavy (non-hydrogen) atoms. The number of nitrogens with one attached hydrogen (secondary N) is 1. The molecule has 0 aromatic heterocycles. The minimum absolute atomic E-state index is 0.0647. The molecule has 4 saturated carbocycles. The zero-order chi connectivity index (χ0) is 12.8. The number of hydrogen-bond acceptors (Lipinski definition) is 2. The largest absolute Gasteiger partial charge is 0.274 e. The summed E-state index contributed by atoms with van der Waals surface area (Å²) in [6.07, 6.45) is 8.34. The van der Waals surface area contributed by atoms with E-state index in [2.05, 4.69) is 21.4 Å². The normalized spacial score (nSPS) is 45.2. The lowest BCUT2D eigenvalue weighted by atomic mass is 9.48. The van der Waals surface area contributed by atoms with Crippen LogP contribution >= 0.6 is 15.9 Å². The van der Waals surface area contributed by atoms with E-state index in [4.69, 9.17) is 4.84 Å². The Morgan fingerprint density at radius 2 is 2.00 bits per heavy atom. The van der Waals surface area contributed by atoms with Gasteiger partial charge in [0.05, 0.1) is 6.61 Å². The van der Waals surface area contributed by atoms with Gasteiger partial charge in [0.25, 0.3) is 0 Å². The number of carbonyl (C=O) groups is 1. The van der Waals surface area contributed by atoms with Gasteiger partial charge in [-0.1, -0.05) is 15.9 Å². The zero-order valence-electron chi connectivity index (χ0n) is 11.0. The van der Waals surface area contributed by atoms with Crippen LogP contribution in [-0.4, -0.2) is 16.8 Å². The van der Waals surface area contributed by atoms with Crippen LogP contribution in [0.5, 0.6) is 0 Å². The quantitative estimate of drug-likeness (QED) is 0.639. The maximum atomic E-state index is 11.9. The average Bonchev–Trinajstić information content (AvgIpc) is 2.21. The highest BCUT2D eigenvalue weighted by Crippen LogP contribution is 2.65. The van der Waals surface area contributed by atoms with Gasteiger partial charge in [-0.2, -0.15) is 0 Å². The number of hydroxylamine groups is 1. The Morgan fingerprint density at radius 1 is 1.33 bits per heavy atom. The Morgan fingerprint density at radius 3 is 2.56 bits per heavy atom. The number of carbonyl (C=O) groups excluding carboxylic acids is 1. The summed E-state index contributed by atoms with van der Waals surface area (Å²) in [4.78, 5) is 17.0. The Hall–Kier alpha value is -0.0900. The van der Waals surface area contributed by atoms with Crippen LogP contribution < -0.4 is 5.48 Å². The third kappa shape index (κ3) is 2.34. The first-order valence-corrected chi connectivity index (χ1v) is 7.91. The summed E-state index contributed by atoms with van der Waals surface area (Å²) >= 11 is 3.97. The van der Waals surface area contributed by atoms with Crippen molar-refractivity contribution in [1.29, 1.82) is 0 Å². The molecular formula is C14H22BrNO2. The molecule has 4 aliphatic carbocycles. The summed E-state index contributed by atoms with van der Waals surface area (Å²) in [5.41, 5.74) is 2.81. The predicted molar refractivity (Wildman–Crippen MR) is 73.2 cm³/mol. The van der Waals surface area contributed by atoms with E-state index in [9.17, 15) is 4.79 Å². The molecule has 0 aliphatic heterocycles. The second-order valence-electron chi connectivity index (χ2n) is 6.75. The Kier molecular flexibility index (Phi) is 3.22. The van der Waals surface area contributed by atoms with E-state index < -0.39 is 0 Å². The lowest BCUT2D eigenvalue weighted by molar-refractivity contribution is -0.140. The molecule has 4 heteroatoms. The van der Waals surface area contributed by atoms with Crippen molar-refractivity contribution < 1.29 is 9.63 Å². The Bertz CT molecular complexity index is 344. The third-order valence-electron chi connectivity index (χ3n) is 4.98. The van der Waals surface area contributed by atoms with Gasteiger partial charge in [-0.3, -0.25) is 9.63 Å². The maximum Gasteiger partial charge on any atom is 0.244 e. The lowest BCUT2D eigenvalue weighted by Crippen LogP contribution is -2.54. The van der Waals surface area contributed by atoms with Crippen LogP contribution in [0.1, 0.15) is 51.9 Å². The number of hydrogen-bond donors (Lipinski definition) is 1. The summed E-state index contributed by atoms with van der Waals surface area (Å²) in [6.45, 7) is 2.42. The molecule has 102 valence electrons. The highest BCUT2D eigenvalue weighted by molar-refractivity contribution is 9.10. The summed E-state index contributed by atoms with van der Waals surface area (Å²) in [5.74, 6) is 1.74. The lowest BCUT2D eigenvalue weighted by Gasteiger charge is -2.60. The maximum absolute atomic E-state index is 11.9. The van der Waals surface area contributed by atoms with Crippen molar-refractivity contribution in [2.45, 2.75) is 56.2 Å². The molecule has 0 aromatic carbocycles. The number of halogens is 1. The highest BCUT2D eigenvalue weighted by atomic mass is 79.9. The van der Waals surface area contributed by atoms with Crippen molar-refractivity contribution in [2.75, 3.05) is 6.61 Å². The minimum Gasteiger partial charge on any atom is -0.274 e. The van der Waals surface area contributed by atoms with Crippen LogP contribution in [0.2, 0.25) is 0 Å². The van der Waals surface area contributed by atoms with Gasteiger partial charge >= 0.3 is 0 Å². The molecular weight excluding hydrogens is 294 g/mol. The second kappa shape index (κ2) is 4.48. The van der Waals surface area contributed by atoms with Crippen LogP contribution in [-0.2, 0) is 9.63 Å². The Balaban J connectivity index is 1.69. The summed E-state index contributed by atoms with van der Waals surface area (Å²) in [5, 5.41) is 0. The van der Waals surface area contributed by atoms with Gasteiger partial charge in [0.2, 0.25) is 5.91 Å². The number of rotatable bonds is 4. The molecule has 0 saturated heterocycles. The molecule has 1 amide bonds. The molecule has 0 heterocycles. The molecule has 1 N–H and O–H groups in total. The van der Waals surface area contributed by atoms with E-state index in [-0.39, 0.29) is 11.3 Å². The summed E-state index contributed by atoms with van der Waals surface area (Å²) in [6, 6.07) is 0. The first kappa shape index (κ1) is 12.9. The molecule has 3 nitrogen and oxygen atoms in total. The smallest absolute Gasteiger partial charge is 0.244 e. The van der Waals surface area contributed by atoms with Gasteiger partial charge < -0.3 is 0 Å². The van der Waals surface area contributed by atoms with Gasteiger partial charge in [-0.25, -0.2) is 5.48 Å². The van der Waals surface area contributed by atoms with Gasteiger partial charge in [-0.15, -0.1) is 0 Å². The van der Waals surface area contributed by atoms with Crippen molar-refractivity contribution in [3.63, 3.8) is 0 Å². The van der Waals surface area contributed by atoms with E-state index in [1.54, 1.807) is 0 Å². The van der Waals surface area contributed by atoms with Crippen LogP contribution in [0.4, 0.5) is 0 Å². The highest BCUT2D eigenvalue weighted by Gasteiger charge is 2.57. The van der Waals surface area contributed by atoms with Crippen LogP contribution in [0.15, 0.2) is 0 Å². The van der Waals surface area contributed by atoms with Gasteiger partial charge in [0.15, 0.2) is 0 Å². The van der Waals surface area contributed by atoms with Gasteiger partial charge in [-0.05, 0) is 62.7 Å². The first-order valence-electron chi connectivity index (χ1n) is 7.12. The predicted octanol–water partition coefficient (Wildman–Crippen LogP) is 3.18. The molecule has 2 unspecified atom stereocenters. The number of alkyl halides is 1. The van der Waals surface area contributed by atoms with Gasteiger partial charge in [0, 0.05) is 10.7 Å². The fraction of sp³-hybridized carbons (Fsp3) is 0.929. The van der Waals surface area contributed by atoms with Crippen LogP contribution in [0.25, 0.3) is 0 Å². The third-order valence-corrected chi connectivity index (χ3v) is 5.90. The molecule has 0 spiro atoms.